The monoisotopic (exact) mass is 479 g/mol. The fraction of sp³-hybridized carbons (Fsp3) is 0.333. The molecular formula is C27H27Cl2N3O. The highest BCUT2D eigenvalue weighted by Gasteiger charge is 2.24. The maximum absolute atomic E-state index is 13.0. The van der Waals surface area contributed by atoms with Gasteiger partial charge < -0.3 is 9.88 Å². The van der Waals surface area contributed by atoms with Gasteiger partial charge in [0.2, 0.25) is 0 Å². The van der Waals surface area contributed by atoms with Crippen LogP contribution in [0.3, 0.4) is 0 Å². The first-order valence-electron chi connectivity index (χ1n) is 11.3. The van der Waals surface area contributed by atoms with Gasteiger partial charge in [-0.05, 0) is 55.5 Å². The zero-order chi connectivity index (χ0) is 23.5. The first-order chi connectivity index (χ1) is 15.9. The quantitative estimate of drug-likeness (QED) is 0.319. The van der Waals surface area contributed by atoms with Gasteiger partial charge >= 0.3 is 0 Å². The molecule has 1 aliphatic rings. The van der Waals surface area contributed by atoms with Gasteiger partial charge in [-0.25, -0.2) is 0 Å². The third-order valence-corrected chi connectivity index (χ3v) is 7.43. The minimum absolute atomic E-state index is 0.125. The van der Waals surface area contributed by atoms with Crippen LogP contribution in [0.4, 0.5) is 0 Å². The van der Waals surface area contributed by atoms with Crippen molar-refractivity contribution in [3.63, 3.8) is 0 Å². The molecule has 1 aliphatic carbocycles. The van der Waals surface area contributed by atoms with Crippen molar-refractivity contribution in [3.8, 4) is 6.07 Å². The van der Waals surface area contributed by atoms with Crippen LogP contribution in [0.25, 0.3) is 17.0 Å². The summed E-state index contributed by atoms with van der Waals surface area (Å²) in [6.45, 7) is 4.78. The normalized spacial score (nSPS) is 18.8. The molecular weight excluding hydrogens is 453 g/mol. The predicted molar refractivity (Wildman–Crippen MR) is 135 cm³/mol. The van der Waals surface area contributed by atoms with E-state index in [1.54, 1.807) is 12.1 Å². The number of para-hydroxylation sites is 1. The van der Waals surface area contributed by atoms with Crippen molar-refractivity contribution in [1.29, 1.82) is 5.26 Å². The van der Waals surface area contributed by atoms with Crippen molar-refractivity contribution in [2.75, 3.05) is 0 Å². The van der Waals surface area contributed by atoms with E-state index in [2.05, 4.69) is 22.9 Å². The van der Waals surface area contributed by atoms with E-state index in [0.717, 1.165) is 47.0 Å². The molecule has 33 heavy (non-hydrogen) atoms. The van der Waals surface area contributed by atoms with Crippen LogP contribution in [0.15, 0.2) is 48.0 Å². The highest BCUT2D eigenvalue weighted by molar-refractivity contribution is 6.42. The number of carbonyl (C=O) groups is 1. The Morgan fingerprint density at radius 1 is 1.18 bits per heavy atom. The number of carbonyl (C=O) groups excluding carboxylic acids is 1. The molecule has 3 aromatic rings. The number of benzene rings is 2. The zero-order valence-electron chi connectivity index (χ0n) is 18.9. The fourth-order valence-electron chi connectivity index (χ4n) is 4.73. The predicted octanol–water partition coefficient (Wildman–Crippen LogP) is 6.91. The molecule has 0 radical (unpaired) electrons. The number of nitriles is 1. The lowest BCUT2D eigenvalue weighted by Crippen LogP contribution is -2.41. The lowest BCUT2D eigenvalue weighted by Gasteiger charge is -2.29. The summed E-state index contributed by atoms with van der Waals surface area (Å²) >= 11 is 12.3. The number of hydrogen-bond donors (Lipinski definition) is 1. The van der Waals surface area contributed by atoms with Crippen LogP contribution in [0, 0.1) is 24.2 Å². The molecule has 0 aliphatic heterocycles. The van der Waals surface area contributed by atoms with Crippen LogP contribution >= 0.6 is 23.2 Å². The summed E-state index contributed by atoms with van der Waals surface area (Å²) in [7, 11) is 0. The Labute approximate surface area is 204 Å². The number of halogens is 2. The van der Waals surface area contributed by atoms with E-state index < -0.39 is 0 Å². The Hall–Kier alpha value is -2.74. The molecule has 4 nitrogen and oxygen atoms in total. The first-order valence-corrected chi connectivity index (χ1v) is 12.1. The van der Waals surface area contributed by atoms with E-state index >= 15 is 0 Å². The molecule has 1 heterocycles. The first kappa shape index (κ1) is 23.4. The van der Waals surface area contributed by atoms with Crippen LogP contribution in [0.1, 0.15) is 49.4 Å². The summed E-state index contributed by atoms with van der Waals surface area (Å²) < 4.78 is 2.18. The van der Waals surface area contributed by atoms with Gasteiger partial charge in [-0.1, -0.05) is 67.2 Å². The third kappa shape index (κ3) is 4.95. The fourth-order valence-corrected chi connectivity index (χ4v) is 5.05. The van der Waals surface area contributed by atoms with E-state index in [0.29, 0.717) is 22.5 Å². The van der Waals surface area contributed by atoms with Crippen molar-refractivity contribution in [3.05, 3.63) is 74.9 Å². The smallest absolute Gasteiger partial charge is 0.262 e. The van der Waals surface area contributed by atoms with Crippen LogP contribution < -0.4 is 5.32 Å². The zero-order valence-corrected chi connectivity index (χ0v) is 20.4. The molecule has 1 fully saturated rings. The molecule has 0 spiro atoms. The average Bonchev–Trinajstić information content (AvgIpc) is 3.07. The molecule has 1 saturated carbocycles. The largest absolute Gasteiger partial charge is 0.348 e. The highest BCUT2D eigenvalue weighted by Crippen LogP contribution is 2.30. The van der Waals surface area contributed by atoms with Gasteiger partial charge in [-0.3, -0.25) is 4.79 Å². The summed E-state index contributed by atoms with van der Waals surface area (Å²) in [5.74, 6) is 0.134. The maximum Gasteiger partial charge on any atom is 0.262 e. The van der Waals surface area contributed by atoms with Gasteiger partial charge in [-0.2, -0.15) is 5.26 Å². The number of rotatable bonds is 5. The molecule has 1 aromatic heterocycles. The van der Waals surface area contributed by atoms with Gasteiger partial charge in [0.15, 0.2) is 0 Å². The number of nitrogens with zero attached hydrogens (tertiary/aromatic N) is 2. The molecule has 2 atom stereocenters. The van der Waals surface area contributed by atoms with Crippen LogP contribution in [0.2, 0.25) is 10.0 Å². The number of hydrogen-bond acceptors (Lipinski definition) is 2. The Kier molecular flexibility index (Phi) is 7.12. The van der Waals surface area contributed by atoms with E-state index in [-0.39, 0.29) is 17.5 Å². The second-order valence-corrected chi connectivity index (χ2v) is 9.68. The lowest BCUT2D eigenvalue weighted by molar-refractivity contribution is -0.118. The van der Waals surface area contributed by atoms with Crippen molar-refractivity contribution in [2.45, 2.75) is 52.1 Å². The van der Waals surface area contributed by atoms with Crippen molar-refractivity contribution in [1.82, 2.24) is 9.88 Å². The van der Waals surface area contributed by atoms with Gasteiger partial charge in [-0.15, -0.1) is 0 Å². The summed E-state index contributed by atoms with van der Waals surface area (Å²) in [4.78, 5) is 13.0. The van der Waals surface area contributed by atoms with Gasteiger partial charge in [0, 0.05) is 34.7 Å². The van der Waals surface area contributed by atoms with Crippen LogP contribution in [-0.2, 0) is 11.3 Å². The molecule has 1 N–H and O–H groups in total. The molecule has 0 unspecified atom stereocenters. The Morgan fingerprint density at radius 2 is 1.94 bits per heavy atom. The Balaban J connectivity index is 1.70. The Morgan fingerprint density at radius 3 is 2.67 bits per heavy atom. The van der Waals surface area contributed by atoms with Crippen molar-refractivity contribution >= 4 is 46.1 Å². The average molecular weight is 480 g/mol. The van der Waals surface area contributed by atoms with Crippen LogP contribution in [-0.4, -0.2) is 16.5 Å². The molecule has 0 saturated heterocycles. The third-order valence-electron chi connectivity index (χ3n) is 6.69. The van der Waals surface area contributed by atoms with Gasteiger partial charge in [0.05, 0.1) is 10.0 Å². The molecule has 1 amide bonds. The maximum atomic E-state index is 13.0. The second-order valence-electron chi connectivity index (χ2n) is 8.86. The summed E-state index contributed by atoms with van der Waals surface area (Å²) in [5, 5.41) is 14.9. The minimum Gasteiger partial charge on any atom is -0.348 e. The molecule has 6 heteroatoms. The topological polar surface area (TPSA) is 57.8 Å². The number of amides is 1. The van der Waals surface area contributed by atoms with Gasteiger partial charge in [0.25, 0.3) is 5.91 Å². The van der Waals surface area contributed by atoms with Gasteiger partial charge in [0.1, 0.15) is 11.6 Å². The number of aromatic nitrogens is 1. The molecule has 2 aromatic carbocycles. The summed E-state index contributed by atoms with van der Waals surface area (Å²) in [6.07, 6.45) is 6.12. The van der Waals surface area contributed by atoms with E-state index in [1.165, 1.54) is 6.42 Å². The van der Waals surface area contributed by atoms with Crippen molar-refractivity contribution < 1.29 is 4.79 Å². The van der Waals surface area contributed by atoms with E-state index in [4.69, 9.17) is 23.2 Å². The lowest BCUT2D eigenvalue weighted by atomic mass is 9.86. The summed E-state index contributed by atoms with van der Waals surface area (Å²) in [5.41, 5.74) is 4.05. The van der Waals surface area contributed by atoms with E-state index in [1.807, 2.05) is 43.3 Å². The Bertz CT molecular complexity index is 1270. The second kappa shape index (κ2) is 10.0. The van der Waals surface area contributed by atoms with Crippen molar-refractivity contribution in [2.24, 2.45) is 5.92 Å². The number of nitrogens with one attached hydrogen (secondary N) is 1. The number of fused-ring (bicyclic) bond motifs is 1. The van der Waals surface area contributed by atoms with E-state index in [9.17, 15) is 10.1 Å². The minimum atomic E-state index is -0.294. The highest BCUT2D eigenvalue weighted by atomic mass is 35.5. The SMILES string of the molecule is Cc1c(/C=C(\C#N)C(=O)N[C@@H]2CCCC[C@@H]2C)c2ccccc2n1Cc1ccc(Cl)c(Cl)c1. The standard InChI is InChI=1S/C27H27Cl2N3O/c1-17-7-3-5-9-25(17)31-27(33)20(15-30)14-22-18(2)32(26-10-6-4-8-21(22)26)16-19-11-12-23(28)24(29)13-19/h4,6,8,10-14,17,25H,3,5,7,9,16H2,1-2H3,(H,31,33)/b20-14+/t17-,25+/m0/s1. The molecule has 0 bridgehead atoms. The molecule has 4 rings (SSSR count). The van der Waals surface area contributed by atoms with Crippen LogP contribution in [0.5, 0.6) is 0 Å². The molecule has 170 valence electrons. The summed E-state index contributed by atoms with van der Waals surface area (Å²) in [6, 6.07) is 15.9.